The quantitative estimate of drug-likeness (QED) is 0.813. The molecule has 0 unspecified atom stereocenters. The summed E-state index contributed by atoms with van der Waals surface area (Å²) in [6.45, 7) is 8.88. The number of benzene rings is 1. The number of rotatable bonds is 3. The molecule has 18 heavy (non-hydrogen) atoms. The van der Waals surface area contributed by atoms with E-state index in [2.05, 4.69) is 37.9 Å². The first-order chi connectivity index (χ1) is 8.59. The van der Waals surface area contributed by atoms with Crippen molar-refractivity contribution in [1.82, 2.24) is 4.98 Å². The molecular weight excluding hydrogens is 222 g/mol. The molecule has 0 aliphatic carbocycles. The molecule has 2 heteroatoms. The van der Waals surface area contributed by atoms with Crippen LogP contribution in [0, 0.1) is 27.7 Å². The van der Waals surface area contributed by atoms with E-state index in [1.165, 1.54) is 11.1 Å². The summed E-state index contributed by atoms with van der Waals surface area (Å²) in [5.74, 6) is 0.749. The van der Waals surface area contributed by atoms with Gasteiger partial charge in [-0.15, -0.1) is 0 Å². The minimum Gasteiger partial charge on any atom is -0.473 e. The standard InChI is InChI=1S/C16H19NO/c1-11-12(2)14(4)17-16(13(11)3)18-10-15-8-6-5-7-9-15/h5-9H,10H2,1-4H3. The maximum Gasteiger partial charge on any atom is 0.217 e. The van der Waals surface area contributed by atoms with Gasteiger partial charge in [-0.25, -0.2) is 4.98 Å². The van der Waals surface area contributed by atoms with E-state index in [1.54, 1.807) is 0 Å². The van der Waals surface area contributed by atoms with E-state index in [1.807, 2.05) is 25.1 Å². The number of pyridine rings is 1. The highest BCUT2D eigenvalue weighted by molar-refractivity contribution is 5.40. The summed E-state index contributed by atoms with van der Waals surface area (Å²) in [5.41, 5.74) is 5.86. The van der Waals surface area contributed by atoms with Crippen LogP contribution in [0.25, 0.3) is 0 Å². The lowest BCUT2D eigenvalue weighted by Crippen LogP contribution is -2.03. The normalized spacial score (nSPS) is 10.4. The van der Waals surface area contributed by atoms with Gasteiger partial charge in [-0.05, 0) is 44.4 Å². The summed E-state index contributed by atoms with van der Waals surface area (Å²) in [4.78, 5) is 4.53. The Kier molecular flexibility index (Phi) is 3.66. The molecule has 0 fully saturated rings. The molecule has 0 atom stereocenters. The molecule has 0 aliphatic heterocycles. The summed E-state index contributed by atoms with van der Waals surface area (Å²) in [7, 11) is 0. The molecule has 1 aromatic heterocycles. The van der Waals surface area contributed by atoms with Crippen molar-refractivity contribution < 1.29 is 4.74 Å². The molecule has 0 amide bonds. The summed E-state index contributed by atoms with van der Waals surface area (Å²) < 4.78 is 5.83. The Labute approximate surface area is 109 Å². The lowest BCUT2D eigenvalue weighted by molar-refractivity contribution is 0.290. The molecule has 2 rings (SSSR count). The Bertz CT molecular complexity index is 547. The van der Waals surface area contributed by atoms with Crippen LogP contribution in [-0.2, 0) is 6.61 Å². The highest BCUT2D eigenvalue weighted by Crippen LogP contribution is 2.24. The third-order valence-electron chi connectivity index (χ3n) is 3.48. The van der Waals surface area contributed by atoms with Gasteiger partial charge in [0.15, 0.2) is 0 Å². The summed E-state index contributed by atoms with van der Waals surface area (Å²) >= 11 is 0. The monoisotopic (exact) mass is 241 g/mol. The van der Waals surface area contributed by atoms with Crippen LogP contribution in [0.2, 0.25) is 0 Å². The van der Waals surface area contributed by atoms with Crippen LogP contribution in [-0.4, -0.2) is 4.98 Å². The van der Waals surface area contributed by atoms with Crippen molar-refractivity contribution in [1.29, 1.82) is 0 Å². The average Bonchev–Trinajstić information content (AvgIpc) is 2.40. The number of hydrogen-bond donors (Lipinski definition) is 0. The van der Waals surface area contributed by atoms with Crippen LogP contribution < -0.4 is 4.74 Å². The zero-order valence-corrected chi connectivity index (χ0v) is 11.4. The van der Waals surface area contributed by atoms with Crippen LogP contribution >= 0.6 is 0 Å². The van der Waals surface area contributed by atoms with Gasteiger partial charge in [0.25, 0.3) is 0 Å². The second-order valence-electron chi connectivity index (χ2n) is 4.65. The lowest BCUT2D eigenvalue weighted by atomic mass is 10.1. The zero-order valence-electron chi connectivity index (χ0n) is 11.4. The first-order valence-corrected chi connectivity index (χ1v) is 6.20. The predicted octanol–water partition coefficient (Wildman–Crippen LogP) is 3.89. The van der Waals surface area contributed by atoms with E-state index in [4.69, 9.17) is 4.74 Å². The smallest absolute Gasteiger partial charge is 0.217 e. The Morgan fingerprint density at radius 3 is 2.22 bits per heavy atom. The van der Waals surface area contributed by atoms with E-state index < -0.39 is 0 Å². The predicted molar refractivity (Wildman–Crippen MR) is 74.0 cm³/mol. The minimum atomic E-state index is 0.566. The SMILES string of the molecule is Cc1nc(OCc2ccccc2)c(C)c(C)c1C. The van der Waals surface area contributed by atoms with E-state index in [9.17, 15) is 0 Å². The molecule has 1 heterocycles. The molecule has 0 radical (unpaired) electrons. The second-order valence-corrected chi connectivity index (χ2v) is 4.65. The van der Waals surface area contributed by atoms with Crippen molar-refractivity contribution in [2.45, 2.75) is 34.3 Å². The van der Waals surface area contributed by atoms with Crippen LogP contribution in [0.15, 0.2) is 30.3 Å². The third-order valence-corrected chi connectivity index (χ3v) is 3.48. The molecule has 94 valence electrons. The van der Waals surface area contributed by atoms with Crippen LogP contribution in [0.3, 0.4) is 0 Å². The van der Waals surface area contributed by atoms with Gasteiger partial charge in [0.1, 0.15) is 6.61 Å². The lowest BCUT2D eigenvalue weighted by Gasteiger charge is -2.13. The van der Waals surface area contributed by atoms with Gasteiger partial charge in [0, 0.05) is 11.3 Å². The van der Waals surface area contributed by atoms with Gasteiger partial charge in [0.05, 0.1) is 0 Å². The summed E-state index contributed by atoms with van der Waals surface area (Å²) in [6.07, 6.45) is 0. The fourth-order valence-corrected chi connectivity index (χ4v) is 1.90. The van der Waals surface area contributed by atoms with Crippen LogP contribution in [0.4, 0.5) is 0 Å². The Balaban J connectivity index is 2.20. The van der Waals surface area contributed by atoms with Crippen molar-refractivity contribution in [3.05, 3.63) is 58.3 Å². The molecule has 0 aliphatic rings. The molecule has 0 saturated carbocycles. The van der Waals surface area contributed by atoms with Crippen molar-refractivity contribution in [3.63, 3.8) is 0 Å². The number of aromatic nitrogens is 1. The third kappa shape index (κ3) is 2.53. The van der Waals surface area contributed by atoms with Gasteiger partial charge in [-0.3, -0.25) is 0 Å². The second kappa shape index (κ2) is 5.21. The Morgan fingerprint density at radius 1 is 0.889 bits per heavy atom. The Morgan fingerprint density at radius 2 is 1.56 bits per heavy atom. The topological polar surface area (TPSA) is 22.1 Å². The van der Waals surface area contributed by atoms with E-state index in [-0.39, 0.29) is 0 Å². The fourth-order valence-electron chi connectivity index (χ4n) is 1.90. The molecule has 0 saturated heterocycles. The number of hydrogen-bond acceptors (Lipinski definition) is 2. The van der Waals surface area contributed by atoms with Gasteiger partial charge in [-0.2, -0.15) is 0 Å². The van der Waals surface area contributed by atoms with Crippen LogP contribution in [0.1, 0.15) is 27.9 Å². The average molecular weight is 241 g/mol. The molecular formula is C16H19NO. The van der Waals surface area contributed by atoms with Gasteiger partial charge >= 0.3 is 0 Å². The maximum atomic E-state index is 5.83. The van der Waals surface area contributed by atoms with Crippen molar-refractivity contribution in [2.75, 3.05) is 0 Å². The molecule has 0 spiro atoms. The van der Waals surface area contributed by atoms with Gasteiger partial charge in [-0.1, -0.05) is 30.3 Å². The number of ether oxygens (including phenoxy) is 1. The molecule has 2 nitrogen and oxygen atoms in total. The van der Waals surface area contributed by atoms with E-state index in [0.29, 0.717) is 6.61 Å². The molecule has 2 aromatic rings. The first kappa shape index (κ1) is 12.6. The van der Waals surface area contributed by atoms with Crippen LogP contribution in [0.5, 0.6) is 5.88 Å². The van der Waals surface area contributed by atoms with E-state index in [0.717, 1.165) is 22.7 Å². The number of nitrogens with zero attached hydrogens (tertiary/aromatic N) is 1. The van der Waals surface area contributed by atoms with E-state index >= 15 is 0 Å². The molecule has 1 aromatic carbocycles. The minimum absolute atomic E-state index is 0.566. The largest absolute Gasteiger partial charge is 0.473 e. The number of aryl methyl sites for hydroxylation is 1. The molecule has 0 N–H and O–H groups in total. The highest BCUT2D eigenvalue weighted by atomic mass is 16.5. The summed E-state index contributed by atoms with van der Waals surface area (Å²) in [6, 6.07) is 10.2. The Hall–Kier alpha value is -1.83. The first-order valence-electron chi connectivity index (χ1n) is 6.20. The zero-order chi connectivity index (χ0) is 13.1. The van der Waals surface area contributed by atoms with Crippen molar-refractivity contribution in [2.24, 2.45) is 0 Å². The molecule has 0 bridgehead atoms. The summed E-state index contributed by atoms with van der Waals surface area (Å²) in [5, 5.41) is 0. The van der Waals surface area contributed by atoms with Gasteiger partial charge < -0.3 is 4.74 Å². The highest BCUT2D eigenvalue weighted by Gasteiger charge is 2.09. The fraction of sp³-hybridized carbons (Fsp3) is 0.312. The van der Waals surface area contributed by atoms with Gasteiger partial charge in [0.2, 0.25) is 5.88 Å². The van der Waals surface area contributed by atoms with Crippen molar-refractivity contribution >= 4 is 0 Å². The van der Waals surface area contributed by atoms with Crippen molar-refractivity contribution in [3.8, 4) is 5.88 Å². The maximum absolute atomic E-state index is 5.83.